The Kier molecular flexibility index (Phi) is 5.65. The molecule has 0 aromatic heterocycles. The summed E-state index contributed by atoms with van der Waals surface area (Å²) in [5, 5.41) is 3.23. The molecule has 0 fully saturated rings. The van der Waals surface area contributed by atoms with Gasteiger partial charge in [0.1, 0.15) is 6.61 Å². The standard InChI is InChI=1S/C13H17BrFNO/c1-9(2)16-7-11-4-5-13(12(15)6-11)17-8-10(3)14/h4-6,9,16H,3,7-8H2,1-2H3. The summed E-state index contributed by atoms with van der Waals surface area (Å²) in [5.74, 6) is -0.0966. The van der Waals surface area contributed by atoms with Crippen molar-refractivity contribution in [2.24, 2.45) is 0 Å². The van der Waals surface area contributed by atoms with Gasteiger partial charge in [-0.2, -0.15) is 0 Å². The fraction of sp³-hybridized carbons (Fsp3) is 0.385. The Morgan fingerprint density at radius 1 is 1.53 bits per heavy atom. The van der Waals surface area contributed by atoms with E-state index in [1.165, 1.54) is 6.07 Å². The van der Waals surface area contributed by atoms with Crippen LogP contribution < -0.4 is 10.1 Å². The van der Waals surface area contributed by atoms with Crippen LogP contribution in [0, 0.1) is 5.82 Å². The molecule has 0 heterocycles. The highest BCUT2D eigenvalue weighted by molar-refractivity contribution is 9.11. The lowest BCUT2D eigenvalue weighted by Gasteiger charge is -2.10. The summed E-state index contributed by atoms with van der Waals surface area (Å²) in [6, 6.07) is 5.36. The number of rotatable bonds is 6. The Balaban J connectivity index is 2.62. The van der Waals surface area contributed by atoms with Crippen molar-refractivity contribution in [1.29, 1.82) is 0 Å². The van der Waals surface area contributed by atoms with E-state index in [1.807, 2.05) is 6.07 Å². The average Bonchev–Trinajstić information content (AvgIpc) is 2.24. The molecule has 0 spiro atoms. The molecular weight excluding hydrogens is 285 g/mol. The van der Waals surface area contributed by atoms with Crippen molar-refractivity contribution in [3.63, 3.8) is 0 Å². The van der Waals surface area contributed by atoms with Gasteiger partial charge in [-0.05, 0) is 17.7 Å². The molecule has 0 atom stereocenters. The van der Waals surface area contributed by atoms with Gasteiger partial charge >= 0.3 is 0 Å². The summed E-state index contributed by atoms with van der Waals surface area (Å²) in [6.07, 6.45) is 0. The minimum absolute atomic E-state index is 0.249. The Morgan fingerprint density at radius 3 is 2.76 bits per heavy atom. The Hall–Kier alpha value is -0.870. The number of benzene rings is 1. The second-order valence-electron chi connectivity index (χ2n) is 4.11. The van der Waals surface area contributed by atoms with Crippen LogP contribution in [0.3, 0.4) is 0 Å². The van der Waals surface area contributed by atoms with Crippen LogP contribution in [0.2, 0.25) is 0 Å². The normalized spacial score (nSPS) is 10.6. The molecule has 4 heteroatoms. The van der Waals surface area contributed by atoms with E-state index in [4.69, 9.17) is 4.74 Å². The first-order valence-corrected chi connectivity index (χ1v) is 6.26. The van der Waals surface area contributed by atoms with E-state index in [-0.39, 0.29) is 18.2 Å². The van der Waals surface area contributed by atoms with Crippen molar-refractivity contribution < 1.29 is 9.13 Å². The first kappa shape index (κ1) is 14.2. The van der Waals surface area contributed by atoms with Crippen LogP contribution in [0.25, 0.3) is 0 Å². The maximum absolute atomic E-state index is 13.6. The van der Waals surface area contributed by atoms with E-state index < -0.39 is 0 Å². The monoisotopic (exact) mass is 301 g/mol. The molecule has 1 aromatic rings. The van der Waals surface area contributed by atoms with E-state index >= 15 is 0 Å². The van der Waals surface area contributed by atoms with Gasteiger partial charge in [0, 0.05) is 17.1 Å². The molecule has 0 amide bonds. The van der Waals surface area contributed by atoms with Crippen molar-refractivity contribution in [3.05, 3.63) is 40.6 Å². The molecule has 1 aromatic carbocycles. The van der Waals surface area contributed by atoms with Gasteiger partial charge in [0.05, 0.1) is 0 Å². The zero-order chi connectivity index (χ0) is 12.8. The van der Waals surface area contributed by atoms with Crippen LogP contribution in [0.5, 0.6) is 5.75 Å². The van der Waals surface area contributed by atoms with Crippen molar-refractivity contribution in [3.8, 4) is 5.75 Å². The highest BCUT2D eigenvalue weighted by Crippen LogP contribution is 2.19. The van der Waals surface area contributed by atoms with Crippen LogP contribution in [-0.4, -0.2) is 12.6 Å². The summed E-state index contributed by atoms with van der Waals surface area (Å²) in [6.45, 7) is 8.64. The van der Waals surface area contributed by atoms with Crippen LogP contribution in [0.1, 0.15) is 19.4 Å². The summed E-state index contributed by atoms with van der Waals surface area (Å²) in [5.41, 5.74) is 0.904. The smallest absolute Gasteiger partial charge is 0.165 e. The second-order valence-corrected chi connectivity index (χ2v) is 5.23. The van der Waals surface area contributed by atoms with Gasteiger partial charge < -0.3 is 10.1 Å². The molecule has 0 radical (unpaired) electrons. The molecule has 2 nitrogen and oxygen atoms in total. The van der Waals surface area contributed by atoms with Gasteiger partial charge in [-0.15, -0.1) is 0 Å². The quantitative estimate of drug-likeness (QED) is 0.867. The van der Waals surface area contributed by atoms with Gasteiger partial charge in [-0.3, -0.25) is 0 Å². The molecule has 0 bridgehead atoms. The molecule has 0 saturated carbocycles. The molecule has 0 aliphatic rings. The highest BCUT2D eigenvalue weighted by atomic mass is 79.9. The average molecular weight is 302 g/mol. The highest BCUT2D eigenvalue weighted by Gasteiger charge is 2.05. The van der Waals surface area contributed by atoms with Crippen molar-refractivity contribution in [2.75, 3.05) is 6.61 Å². The second kappa shape index (κ2) is 6.77. The number of halogens is 2. The summed E-state index contributed by atoms with van der Waals surface area (Å²) in [4.78, 5) is 0. The molecule has 94 valence electrons. The largest absolute Gasteiger partial charge is 0.485 e. The SMILES string of the molecule is C=C(Br)COc1ccc(CNC(C)C)cc1F. The third kappa shape index (κ3) is 5.33. The Morgan fingerprint density at radius 2 is 2.24 bits per heavy atom. The number of nitrogens with one attached hydrogen (secondary N) is 1. The predicted octanol–water partition coefficient (Wildman–Crippen LogP) is 3.61. The lowest BCUT2D eigenvalue weighted by Crippen LogP contribution is -2.21. The van der Waals surface area contributed by atoms with Crippen molar-refractivity contribution >= 4 is 15.9 Å². The van der Waals surface area contributed by atoms with E-state index in [0.29, 0.717) is 17.1 Å². The van der Waals surface area contributed by atoms with Gasteiger partial charge in [0.2, 0.25) is 0 Å². The molecule has 17 heavy (non-hydrogen) atoms. The van der Waals surface area contributed by atoms with E-state index in [1.54, 1.807) is 6.07 Å². The fourth-order valence-corrected chi connectivity index (χ4v) is 1.36. The number of hydrogen-bond donors (Lipinski definition) is 1. The maximum Gasteiger partial charge on any atom is 0.165 e. The minimum Gasteiger partial charge on any atom is -0.485 e. The van der Waals surface area contributed by atoms with Crippen molar-refractivity contribution in [2.45, 2.75) is 26.4 Å². The maximum atomic E-state index is 13.6. The first-order chi connectivity index (χ1) is 7.99. The third-order valence-electron chi connectivity index (χ3n) is 2.10. The number of hydrogen-bond acceptors (Lipinski definition) is 2. The fourth-order valence-electron chi connectivity index (χ4n) is 1.25. The molecule has 0 aliphatic heterocycles. The van der Waals surface area contributed by atoms with E-state index in [2.05, 4.69) is 41.7 Å². The van der Waals surface area contributed by atoms with E-state index in [0.717, 1.165) is 5.56 Å². The summed E-state index contributed by atoms with van der Waals surface area (Å²) < 4.78 is 19.5. The zero-order valence-electron chi connectivity index (χ0n) is 10.1. The Bertz CT molecular complexity index is 393. The molecule has 0 aliphatic carbocycles. The topological polar surface area (TPSA) is 21.3 Å². The first-order valence-electron chi connectivity index (χ1n) is 5.47. The van der Waals surface area contributed by atoms with Gasteiger partial charge in [-0.25, -0.2) is 4.39 Å². The van der Waals surface area contributed by atoms with E-state index in [9.17, 15) is 4.39 Å². The van der Waals surface area contributed by atoms with Gasteiger partial charge in [0.15, 0.2) is 11.6 Å². The Labute approximate surface area is 110 Å². The predicted molar refractivity (Wildman–Crippen MR) is 71.9 cm³/mol. The molecule has 1 N–H and O–H groups in total. The van der Waals surface area contributed by atoms with Gasteiger partial charge in [0.25, 0.3) is 0 Å². The van der Waals surface area contributed by atoms with Crippen LogP contribution in [0.15, 0.2) is 29.3 Å². The molecule has 1 rings (SSSR count). The zero-order valence-corrected chi connectivity index (χ0v) is 11.7. The summed E-state index contributed by atoms with van der Waals surface area (Å²) in [7, 11) is 0. The molecule has 0 unspecified atom stereocenters. The van der Waals surface area contributed by atoms with Crippen LogP contribution >= 0.6 is 15.9 Å². The van der Waals surface area contributed by atoms with Crippen LogP contribution in [0.4, 0.5) is 4.39 Å². The summed E-state index contributed by atoms with van der Waals surface area (Å²) >= 11 is 3.16. The third-order valence-corrected chi connectivity index (χ3v) is 2.32. The van der Waals surface area contributed by atoms with Gasteiger partial charge in [-0.1, -0.05) is 42.4 Å². The number of ether oxygens (including phenoxy) is 1. The minimum atomic E-state index is -0.346. The lowest BCUT2D eigenvalue weighted by molar-refractivity contribution is 0.339. The van der Waals surface area contributed by atoms with Crippen molar-refractivity contribution in [1.82, 2.24) is 5.32 Å². The molecular formula is C13H17BrFNO. The molecule has 0 saturated heterocycles. The lowest BCUT2D eigenvalue weighted by atomic mass is 10.2. The van der Waals surface area contributed by atoms with Crippen LogP contribution in [-0.2, 0) is 6.54 Å².